The SMILES string of the molecule is CC(=O)N1CCc2cc(C(=O)C(C)OC(=O)c3ccc(N4CCOCC4)nc3)ccc21. The molecule has 0 saturated carbocycles. The molecule has 162 valence electrons. The number of benzene rings is 1. The highest BCUT2D eigenvalue weighted by atomic mass is 16.5. The number of nitrogens with zero attached hydrogens (tertiary/aromatic N) is 3. The third-order valence-corrected chi connectivity index (χ3v) is 5.61. The second-order valence-electron chi connectivity index (χ2n) is 7.68. The smallest absolute Gasteiger partial charge is 0.340 e. The highest BCUT2D eigenvalue weighted by Crippen LogP contribution is 2.29. The summed E-state index contributed by atoms with van der Waals surface area (Å²) in [7, 11) is 0. The minimum Gasteiger partial charge on any atom is -0.451 e. The zero-order chi connectivity index (χ0) is 22.0. The number of ketones is 1. The minimum atomic E-state index is -0.935. The van der Waals surface area contributed by atoms with Crippen molar-refractivity contribution in [3.63, 3.8) is 0 Å². The average molecular weight is 423 g/mol. The number of morpholine rings is 1. The molecule has 0 radical (unpaired) electrons. The lowest BCUT2D eigenvalue weighted by molar-refractivity contribution is -0.116. The molecule has 1 aromatic carbocycles. The van der Waals surface area contributed by atoms with Crippen LogP contribution in [-0.4, -0.2) is 61.6 Å². The van der Waals surface area contributed by atoms with E-state index in [0.717, 1.165) is 30.2 Å². The number of aromatic nitrogens is 1. The third-order valence-electron chi connectivity index (χ3n) is 5.61. The molecule has 0 spiro atoms. The van der Waals surface area contributed by atoms with Crippen molar-refractivity contribution in [1.29, 1.82) is 0 Å². The highest BCUT2D eigenvalue weighted by molar-refractivity contribution is 6.02. The number of rotatable bonds is 5. The van der Waals surface area contributed by atoms with E-state index in [0.29, 0.717) is 37.3 Å². The van der Waals surface area contributed by atoms with Gasteiger partial charge in [0, 0.05) is 44.0 Å². The van der Waals surface area contributed by atoms with Crippen molar-refractivity contribution in [2.45, 2.75) is 26.4 Å². The van der Waals surface area contributed by atoms with Crippen molar-refractivity contribution in [3.8, 4) is 0 Å². The summed E-state index contributed by atoms with van der Waals surface area (Å²) in [6.07, 6.45) is 1.23. The number of hydrogen-bond donors (Lipinski definition) is 0. The zero-order valence-corrected chi connectivity index (χ0v) is 17.7. The quantitative estimate of drug-likeness (QED) is 0.538. The van der Waals surface area contributed by atoms with Crippen LogP contribution in [0.5, 0.6) is 0 Å². The molecular formula is C23H25N3O5. The summed E-state index contributed by atoms with van der Waals surface area (Å²) in [6, 6.07) is 8.66. The molecule has 31 heavy (non-hydrogen) atoms. The number of carbonyl (C=O) groups excluding carboxylic acids is 3. The molecule has 1 saturated heterocycles. The fourth-order valence-electron chi connectivity index (χ4n) is 3.89. The molecule has 1 aromatic heterocycles. The summed E-state index contributed by atoms with van der Waals surface area (Å²) in [5, 5.41) is 0. The number of hydrogen-bond acceptors (Lipinski definition) is 7. The lowest BCUT2D eigenvalue weighted by Crippen LogP contribution is -2.36. The van der Waals surface area contributed by atoms with E-state index >= 15 is 0 Å². The Morgan fingerprint density at radius 3 is 2.48 bits per heavy atom. The number of anilines is 2. The Morgan fingerprint density at radius 1 is 1.06 bits per heavy atom. The van der Waals surface area contributed by atoms with E-state index in [9.17, 15) is 14.4 Å². The maximum Gasteiger partial charge on any atom is 0.340 e. The first-order valence-corrected chi connectivity index (χ1v) is 10.4. The normalized spacial score (nSPS) is 16.6. The predicted octanol–water partition coefficient (Wildman–Crippen LogP) is 2.26. The first-order chi connectivity index (χ1) is 14.9. The molecule has 0 N–H and O–H groups in total. The summed E-state index contributed by atoms with van der Waals surface area (Å²) in [5.74, 6) is -0.115. The van der Waals surface area contributed by atoms with E-state index in [2.05, 4.69) is 9.88 Å². The van der Waals surface area contributed by atoms with Gasteiger partial charge in [0.2, 0.25) is 11.7 Å². The van der Waals surface area contributed by atoms with E-state index in [1.54, 1.807) is 42.2 Å². The number of pyridine rings is 1. The summed E-state index contributed by atoms with van der Waals surface area (Å²) in [5.41, 5.74) is 2.54. The van der Waals surface area contributed by atoms with Crippen molar-refractivity contribution in [3.05, 3.63) is 53.2 Å². The van der Waals surface area contributed by atoms with Gasteiger partial charge in [-0.1, -0.05) is 0 Å². The monoisotopic (exact) mass is 423 g/mol. The Labute approximate surface area is 180 Å². The molecule has 4 rings (SSSR count). The molecule has 2 aromatic rings. The van der Waals surface area contributed by atoms with Crippen molar-refractivity contribution >= 4 is 29.2 Å². The molecule has 3 heterocycles. The molecule has 8 nitrogen and oxygen atoms in total. The molecule has 0 aliphatic carbocycles. The molecule has 2 aliphatic heterocycles. The molecule has 8 heteroatoms. The van der Waals surface area contributed by atoms with Gasteiger partial charge in [-0.2, -0.15) is 0 Å². The van der Waals surface area contributed by atoms with Crippen LogP contribution in [0.1, 0.15) is 40.1 Å². The molecule has 1 amide bonds. The van der Waals surface area contributed by atoms with Gasteiger partial charge >= 0.3 is 5.97 Å². The Bertz CT molecular complexity index is 999. The van der Waals surface area contributed by atoms with Crippen molar-refractivity contribution < 1.29 is 23.9 Å². The number of carbonyl (C=O) groups is 3. The van der Waals surface area contributed by atoms with E-state index in [-0.39, 0.29) is 11.7 Å². The summed E-state index contributed by atoms with van der Waals surface area (Å²) < 4.78 is 10.7. The maximum absolute atomic E-state index is 12.8. The fourth-order valence-corrected chi connectivity index (χ4v) is 3.89. The van der Waals surface area contributed by atoms with Gasteiger partial charge in [-0.05, 0) is 49.2 Å². The summed E-state index contributed by atoms with van der Waals surface area (Å²) in [4.78, 5) is 45.1. The van der Waals surface area contributed by atoms with Gasteiger partial charge in [-0.25, -0.2) is 9.78 Å². The van der Waals surface area contributed by atoms with Crippen LogP contribution in [0.2, 0.25) is 0 Å². The fraction of sp³-hybridized carbons (Fsp3) is 0.391. The predicted molar refractivity (Wildman–Crippen MR) is 115 cm³/mol. The second kappa shape index (κ2) is 8.85. The Hall–Kier alpha value is -3.26. The van der Waals surface area contributed by atoms with Crippen LogP contribution in [0.25, 0.3) is 0 Å². The Kier molecular flexibility index (Phi) is 5.99. The van der Waals surface area contributed by atoms with E-state index in [1.807, 2.05) is 0 Å². The molecule has 1 fully saturated rings. The first-order valence-electron chi connectivity index (χ1n) is 10.4. The summed E-state index contributed by atoms with van der Waals surface area (Å²) in [6.45, 7) is 6.52. The Morgan fingerprint density at radius 2 is 1.81 bits per heavy atom. The van der Waals surface area contributed by atoms with Crippen LogP contribution in [0, 0.1) is 0 Å². The molecule has 1 atom stereocenters. The molecular weight excluding hydrogens is 398 g/mol. The van der Waals surface area contributed by atoms with E-state index in [1.165, 1.54) is 13.1 Å². The van der Waals surface area contributed by atoms with Gasteiger partial charge in [-0.3, -0.25) is 9.59 Å². The number of esters is 1. The second-order valence-corrected chi connectivity index (χ2v) is 7.68. The van der Waals surface area contributed by atoms with E-state index < -0.39 is 12.1 Å². The van der Waals surface area contributed by atoms with Crippen molar-refractivity contribution in [2.24, 2.45) is 0 Å². The van der Waals surface area contributed by atoms with Crippen LogP contribution in [0.15, 0.2) is 36.5 Å². The summed E-state index contributed by atoms with van der Waals surface area (Å²) >= 11 is 0. The lowest BCUT2D eigenvalue weighted by Gasteiger charge is -2.27. The standard InChI is InChI=1S/C23H25N3O5/c1-15(22(28)18-3-5-20-17(13-18)7-8-26(20)16(2)27)31-23(29)19-4-6-21(24-14-19)25-9-11-30-12-10-25/h3-6,13-15H,7-12H2,1-2H3. The number of fused-ring (bicyclic) bond motifs is 1. The highest BCUT2D eigenvalue weighted by Gasteiger charge is 2.26. The third kappa shape index (κ3) is 4.44. The number of ether oxygens (including phenoxy) is 2. The van der Waals surface area contributed by atoms with Crippen LogP contribution in [0.4, 0.5) is 11.5 Å². The van der Waals surface area contributed by atoms with Gasteiger partial charge in [0.15, 0.2) is 6.10 Å². The van der Waals surface area contributed by atoms with Crippen LogP contribution >= 0.6 is 0 Å². The molecule has 0 bridgehead atoms. The lowest BCUT2D eigenvalue weighted by atomic mass is 10.0. The maximum atomic E-state index is 12.8. The largest absolute Gasteiger partial charge is 0.451 e. The van der Waals surface area contributed by atoms with Gasteiger partial charge in [0.25, 0.3) is 0 Å². The Balaban J connectivity index is 1.40. The van der Waals surface area contributed by atoms with Crippen LogP contribution in [0.3, 0.4) is 0 Å². The number of Topliss-reactive ketones (excluding diaryl/α,β-unsaturated/α-hetero) is 1. The van der Waals surface area contributed by atoms with Gasteiger partial charge in [0.1, 0.15) is 5.82 Å². The zero-order valence-electron chi connectivity index (χ0n) is 17.7. The first kappa shape index (κ1) is 21.0. The van der Waals surface area contributed by atoms with Crippen molar-refractivity contribution in [2.75, 3.05) is 42.6 Å². The average Bonchev–Trinajstić information content (AvgIpc) is 3.23. The van der Waals surface area contributed by atoms with Crippen LogP contribution in [-0.2, 0) is 20.7 Å². The topological polar surface area (TPSA) is 89.0 Å². The van der Waals surface area contributed by atoms with E-state index in [4.69, 9.17) is 9.47 Å². The molecule has 1 unspecified atom stereocenters. The van der Waals surface area contributed by atoms with Gasteiger partial charge in [0.05, 0.1) is 18.8 Å². The molecule has 2 aliphatic rings. The number of amides is 1. The van der Waals surface area contributed by atoms with Gasteiger partial charge < -0.3 is 19.3 Å². The van der Waals surface area contributed by atoms with Gasteiger partial charge in [-0.15, -0.1) is 0 Å². The van der Waals surface area contributed by atoms with Crippen molar-refractivity contribution in [1.82, 2.24) is 4.98 Å². The van der Waals surface area contributed by atoms with Crippen LogP contribution < -0.4 is 9.80 Å². The minimum absolute atomic E-state index is 0.0200.